The summed E-state index contributed by atoms with van der Waals surface area (Å²) in [4.78, 5) is 25.4. The largest absolute Gasteiger partial charge is 0.492 e. The van der Waals surface area contributed by atoms with Crippen LogP contribution in [0, 0.1) is 17.8 Å². The second kappa shape index (κ2) is 26.5. The molecule has 0 radical (unpaired) electrons. The van der Waals surface area contributed by atoms with Gasteiger partial charge in [0, 0.05) is 50.8 Å². The number of aliphatic hydroxyl groups excluding tert-OH is 2. The van der Waals surface area contributed by atoms with Crippen molar-refractivity contribution in [3.8, 4) is 11.5 Å². The van der Waals surface area contributed by atoms with Crippen LogP contribution in [-0.2, 0) is 20.9 Å². The summed E-state index contributed by atoms with van der Waals surface area (Å²) in [5.74, 6) is -0.218. The van der Waals surface area contributed by atoms with Gasteiger partial charge in [0.25, 0.3) is 0 Å². The maximum atomic E-state index is 15.2. The number of oxime groups is 1. The number of carbonyl (C=O) groups excluding carboxylic acids is 1. The van der Waals surface area contributed by atoms with Gasteiger partial charge in [-0.25, -0.2) is 4.79 Å². The smallest absolute Gasteiger partial charge is 0.410 e. The number of nitrogens with zero attached hydrogens (tertiary/aromatic N) is 3. The third kappa shape index (κ3) is 13.1. The number of hydrogen-bond donors (Lipinski definition) is 2. The van der Waals surface area contributed by atoms with Gasteiger partial charge in [-0.1, -0.05) is 137 Å². The SMILES string of the molecule is C=CCOC12Oc3ccc(OCCN4CC4)cc3C3C(CCCCO)C(CCCCO)C=C(C(=NOCC)CC1N(Cc1cccc4ccccc14)C(=O)OCCCCCCCCCCCC)C32. The minimum Gasteiger partial charge on any atom is -0.492 e. The number of hydrogen-bond acceptors (Lipinski definition) is 10. The Morgan fingerprint density at radius 1 is 0.882 bits per heavy atom. The summed E-state index contributed by atoms with van der Waals surface area (Å²) in [5.41, 5.74) is 3.82. The van der Waals surface area contributed by atoms with Crippen LogP contribution in [-0.4, -0.2) is 103 Å². The second-order valence-corrected chi connectivity index (χ2v) is 19.4. The summed E-state index contributed by atoms with van der Waals surface area (Å²) in [7, 11) is 0. The van der Waals surface area contributed by atoms with Gasteiger partial charge in [0.05, 0.1) is 31.4 Å². The molecule has 1 saturated carbocycles. The van der Waals surface area contributed by atoms with Crippen LogP contribution < -0.4 is 9.47 Å². The van der Waals surface area contributed by atoms with Gasteiger partial charge in [0.15, 0.2) is 0 Å². The molecule has 372 valence electrons. The molecule has 0 bridgehead atoms. The maximum absolute atomic E-state index is 15.2. The monoisotopic (exact) mass is 936 g/mol. The van der Waals surface area contributed by atoms with Crippen LogP contribution in [0.25, 0.3) is 10.8 Å². The third-order valence-corrected chi connectivity index (χ3v) is 14.7. The summed E-state index contributed by atoms with van der Waals surface area (Å²) in [6.45, 7) is 13.4. The number of amides is 1. The van der Waals surface area contributed by atoms with Crippen molar-refractivity contribution in [2.75, 3.05) is 59.3 Å². The van der Waals surface area contributed by atoms with Crippen molar-refractivity contribution in [1.82, 2.24) is 9.80 Å². The summed E-state index contributed by atoms with van der Waals surface area (Å²) in [5, 5.41) is 27.1. The summed E-state index contributed by atoms with van der Waals surface area (Å²) < 4.78 is 27.6. The molecule has 6 atom stereocenters. The van der Waals surface area contributed by atoms with Gasteiger partial charge in [0.2, 0.25) is 5.79 Å². The van der Waals surface area contributed by atoms with Crippen molar-refractivity contribution in [1.29, 1.82) is 0 Å². The lowest BCUT2D eigenvalue weighted by molar-refractivity contribution is -0.256. The normalized spacial score (nSPS) is 23.3. The summed E-state index contributed by atoms with van der Waals surface area (Å²) in [6, 6.07) is 20.1. The molecule has 0 aromatic heterocycles. The number of ether oxygens (including phenoxy) is 4. The molecular formula is C57H81N3O8. The average Bonchev–Trinajstić information content (AvgIpc) is 4.19. The Balaban J connectivity index is 1.31. The van der Waals surface area contributed by atoms with E-state index < -0.39 is 23.8 Å². The lowest BCUT2D eigenvalue weighted by atomic mass is 9.55. The van der Waals surface area contributed by atoms with Crippen LogP contribution in [0.3, 0.4) is 0 Å². The van der Waals surface area contributed by atoms with Crippen molar-refractivity contribution in [3.63, 3.8) is 0 Å². The predicted molar refractivity (Wildman–Crippen MR) is 271 cm³/mol. The Labute approximate surface area is 406 Å². The predicted octanol–water partition coefficient (Wildman–Crippen LogP) is 11.7. The fraction of sp³-hybridized carbons (Fsp3) is 0.614. The number of fused-ring (bicyclic) bond motifs is 3. The van der Waals surface area contributed by atoms with E-state index in [9.17, 15) is 10.2 Å². The number of carbonyl (C=O) groups is 1. The van der Waals surface area contributed by atoms with Crippen molar-refractivity contribution < 1.29 is 38.8 Å². The van der Waals surface area contributed by atoms with Crippen LogP contribution in [0.2, 0.25) is 0 Å². The van der Waals surface area contributed by atoms with Crippen LogP contribution in [0.1, 0.15) is 140 Å². The van der Waals surface area contributed by atoms with E-state index in [1.165, 1.54) is 44.9 Å². The van der Waals surface area contributed by atoms with E-state index in [0.717, 1.165) is 104 Å². The molecule has 1 saturated heterocycles. The van der Waals surface area contributed by atoms with Crippen LogP contribution in [0.5, 0.6) is 11.5 Å². The summed E-state index contributed by atoms with van der Waals surface area (Å²) >= 11 is 0. The van der Waals surface area contributed by atoms with E-state index in [2.05, 4.69) is 60.9 Å². The highest BCUT2D eigenvalue weighted by molar-refractivity contribution is 6.03. The maximum Gasteiger partial charge on any atom is 0.410 e. The molecule has 6 unspecified atom stereocenters. The zero-order valence-corrected chi connectivity index (χ0v) is 41.3. The molecule has 3 aromatic rings. The van der Waals surface area contributed by atoms with E-state index in [1.807, 2.05) is 36.1 Å². The number of aliphatic hydroxyl groups is 2. The summed E-state index contributed by atoms with van der Waals surface area (Å²) in [6.07, 6.45) is 20.8. The van der Waals surface area contributed by atoms with Gasteiger partial charge < -0.3 is 34.0 Å². The fourth-order valence-electron chi connectivity index (χ4n) is 11.2. The first kappa shape index (κ1) is 51.4. The van der Waals surface area contributed by atoms with Gasteiger partial charge in [0.1, 0.15) is 30.8 Å². The van der Waals surface area contributed by atoms with Gasteiger partial charge in [-0.05, 0) is 91.0 Å². The number of benzene rings is 3. The van der Waals surface area contributed by atoms with Crippen molar-refractivity contribution in [2.45, 2.75) is 147 Å². The first-order valence-corrected chi connectivity index (χ1v) is 26.4. The zero-order chi connectivity index (χ0) is 47.6. The van der Waals surface area contributed by atoms with Crippen molar-refractivity contribution >= 4 is 22.6 Å². The van der Waals surface area contributed by atoms with Crippen LogP contribution in [0.4, 0.5) is 4.79 Å². The minimum atomic E-state index is -1.39. The van der Waals surface area contributed by atoms with Gasteiger partial charge >= 0.3 is 6.09 Å². The Morgan fingerprint density at radius 3 is 2.35 bits per heavy atom. The molecule has 11 nitrogen and oxygen atoms in total. The Morgan fingerprint density at radius 2 is 1.62 bits per heavy atom. The lowest BCUT2D eigenvalue weighted by Gasteiger charge is -2.60. The number of unbranched alkanes of at least 4 members (excludes halogenated alkanes) is 11. The highest BCUT2D eigenvalue weighted by atomic mass is 16.7. The molecule has 3 aromatic carbocycles. The number of rotatable bonds is 31. The Hall–Kier alpha value is -4.42. The molecule has 0 spiro atoms. The molecule has 11 heteroatoms. The first-order valence-electron chi connectivity index (χ1n) is 26.4. The molecule has 2 aliphatic heterocycles. The van der Waals surface area contributed by atoms with E-state index in [0.29, 0.717) is 44.8 Å². The molecule has 1 amide bonds. The van der Waals surface area contributed by atoms with Crippen LogP contribution >= 0.6 is 0 Å². The molecule has 2 fully saturated rings. The molecule has 7 rings (SSSR count). The topological polar surface area (TPSA) is 122 Å². The van der Waals surface area contributed by atoms with E-state index in [4.69, 9.17) is 28.9 Å². The highest BCUT2D eigenvalue weighted by Crippen LogP contribution is 2.62. The molecule has 2 heterocycles. The third-order valence-electron chi connectivity index (χ3n) is 14.7. The number of allylic oxidation sites excluding steroid dienone is 1. The quantitative estimate of drug-likeness (QED) is 0.0281. The molecular weight excluding hydrogens is 855 g/mol. The van der Waals surface area contributed by atoms with E-state index in [-0.39, 0.29) is 44.1 Å². The second-order valence-electron chi connectivity index (χ2n) is 19.4. The van der Waals surface area contributed by atoms with Crippen molar-refractivity contribution in [2.24, 2.45) is 22.9 Å². The van der Waals surface area contributed by atoms with Crippen LogP contribution in [0.15, 0.2) is 90.1 Å². The van der Waals surface area contributed by atoms with Gasteiger partial charge in [-0.15, -0.1) is 6.58 Å². The molecule has 4 aliphatic rings. The van der Waals surface area contributed by atoms with Crippen molar-refractivity contribution in [3.05, 3.63) is 96.1 Å². The van der Waals surface area contributed by atoms with Gasteiger partial charge in [-0.2, -0.15) is 0 Å². The Bertz CT molecular complexity index is 2100. The molecule has 2 N–H and O–H groups in total. The molecule has 2 aliphatic carbocycles. The van der Waals surface area contributed by atoms with E-state index >= 15 is 4.79 Å². The average molecular weight is 936 g/mol. The van der Waals surface area contributed by atoms with Gasteiger partial charge in [-0.3, -0.25) is 9.80 Å². The first-order chi connectivity index (χ1) is 33.5. The highest BCUT2D eigenvalue weighted by Gasteiger charge is 2.65. The Kier molecular flexibility index (Phi) is 20.1. The van der Waals surface area contributed by atoms with E-state index in [1.54, 1.807) is 6.08 Å². The lowest BCUT2D eigenvalue weighted by Crippen LogP contribution is -2.70. The zero-order valence-electron chi connectivity index (χ0n) is 41.3. The minimum absolute atomic E-state index is 0.109. The fourth-order valence-corrected chi connectivity index (χ4v) is 11.2. The standard InChI is InChI=1S/C57H81N3O8/c1-4-7-8-9-10-11-12-13-14-21-37-65-56(63)60(42-45-26-22-25-43-23-15-16-27-47(43)45)53-41-51(58-67-6-3)49-39-44(24-17-19-34-61)48(28-18-20-35-62)54-50-40-46(64-38-33-59-31-32-59)29-30-52(50)68-57(53,55(49)54)66-36-5-2/h5,15-16,22-23,25-27,29-30,39-40,44,48,53-55,61-62H,2,4,6-14,17-21,24,28,31-38,41-42H2,1,3H3. The molecule has 68 heavy (non-hydrogen) atoms.